The second-order valence-electron chi connectivity index (χ2n) is 4.90. The van der Waals surface area contributed by atoms with Gasteiger partial charge >= 0.3 is 0 Å². The third kappa shape index (κ3) is 4.27. The Hall–Kier alpha value is -0.960. The molecule has 0 amide bonds. The largest absolute Gasteiger partial charge is 0.395 e. The molecule has 0 saturated heterocycles. The summed E-state index contributed by atoms with van der Waals surface area (Å²) in [5.41, 5.74) is 0. The van der Waals surface area contributed by atoms with Crippen molar-refractivity contribution in [3.8, 4) is 0 Å². The van der Waals surface area contributed by atoms with Crippen LogP contribution in [0.2, 0.25) is 0 Å². The maximum absolute atomic E-state index is 12.1. The van der Waals surface area contributed by atoms with E-state index in [4.69, 9.17) is 5.11 Å². The van der Waals surface area contributed by atoms with Gasteiger partial charge in [-0.3, -0.25) is 0 Å². The Balaban J connectivity index is 3.05. The van der Waals surface area contributed by atoms with Crippen molar-refractivity contribution in [1.82, 2.24) is 4.72 Å². The van der Waals surface area contributed by atoms with Crippen LogP contribution in [-0.2, 0) is 19.9 Å². The number of benzene rings is 1. The van der Waals surface area contributed by atoms with Crippen LogP contribution in [0.25, 0.3) is 0 Å². The van der Waals surface area contributed by atoms with E-state index in [1.165, 1.54) is 24.3 Å². The van der Waals surface area contributed by atoms with Crippen LogP contribution < -0.4 is 4.72 Å². The molecule has 114 valence electrons. The molecule has 20 heavy (non-hydrogen) atoms. The van der Waals surface area contributed by atoms with E-state index in [-0.39, 0.29) is 22.3 Å². The molecule has 0 heterocycles. The van der Waals surface area contributed by atoms with Gasteiger partial charge in [0.15, 0.2) is 9.84 Å². The minimum absolute atomic E-state index is 0.0380. The molecule has 0 aliphatic heterocycles. The van der Waals surface area contributed by atoms with Gasteiger partial charge in [-0.2, -0.15) is 0 Å². The zero-order valence-electron chi connectivity index (χ0n) is 11.6. The maximum atomic E-state index is 12.1. The fourth-order valence-electron chi connectivity index (χ4n) is 1.52. The summed E-state index contributed by atoms with van der Waals surface area (Å²) in [7, 11) is -7.15. The van der Waals surface area contributed by atoms with Gasteiger partial charge in [-0.05, 0) is 30.2 Å². The number of hydrogen-bond donors (Lipinski definition) is 2. The van der Waals surface area contributed by atoms with Gasteiger partial charge in [0.2, 0.25) is 10.0 Å². The summed E-state index contributed by atoms with van der Waals surface area (Å²) in [6.07, 6.45) is 1.05. The van der Waals surface area contributed by atoms with Crippen molar-refractivity contribution in [2.75, 3.05) is 12.9 Å². The number of rotatable bonds is 6. The first-order valence-electron chi connectivity index (χ1n) is 6.01. The molecule has 6 nitrogen and oxygen atoms in total. The zero-order valence-corrected chi connectivity index (χ0v) is 13.2. The van der Waals surface area contributed by atoms with Crippen LogP contribution in [0.5, 0.6) is 0 Å². The summed E-state index contributed by atoms with van der Waals surface area (Å²) < 4.78 is 49.2. The molecule has 8 heteroatoms. The van der Waals surface area contributed by atoms with Crippen molar-refractivity contribution in [2.45, 2.75) is 29.7 Å². The van der Waals surface area contributed by atoms with Crippen LogP contribution in [0.3, 0.4) is 0 Å². The van der Waals surface area contributed by atoms with Gasteiger partial charge in [0.1, 0.15) is 0 Å². The summed E-state index contributed by atoms with van der Waals surface area (Å²) in [4.78, 5) is 0.0167. The van der Waals surface area contributed by atoms with Gasteiger partial charge in [-0.1, -0.05) is 13.8 Å². The second-order valence-corrected chi connectivity index (χ2v) is 8.63. The van der Waals surface area contributed by atoms with E-state index in [1.807, 2.05) is 0 Å². The molecular weight excluding hydrogens is 302 g/mol. The first-order chi connectivity index (χ1) is 9.08. The van der Waals surface area contributed by atoms with Crippen LogP contribution in [0, 0.1) is 5.92 Å². The van der Waals surface area contributed by atoms with Gasteiger partial charge in [0, 0.05) is 12.3 Å². The van der Waals surface area contributed by atoms with E-state index in [0.717, 1.165) is 6.26 Å². The third-order valence-corrected chi connectivity index (χ3v) is 5.50. The van der Waals surface area contributed by atoms with E-state index in [0.29, 0.717) is 0 Å². The molecule has 1 unspecified atom stereocenters. The van der Waals surface area contributed by atoms with Crippen LogP contribution in [0.4, 0.5) is 0 Å². The lowest BCUT2D eigenvalue weighted by Crippen LogP contribution is -2.41. The zero-order chi connectivity index (χ0) is 15.6. The van der Waals surface area contributed by atoms with Crippen molar-refractivity contribution < 1.29 is 21.9 Å². The monoisotopic (exact) mass is 321 g/mol. The molecule has 0 aliphatic carbocycles. The van der Waals surface area contributed by atoms with E-state index in [2.05, 4.69) is 4.72 Å². The fourth-order valence-corrected chi connectivity index (χ4v) is 3.52. The summed E-state index contributed by atoms with van der Waals surface area (Å²) in [6.45, 7) is 3.27. The Kier molecular flexibility index (Phi) is 5.31. The first-order valence-corrected chi connectivity index (χ1v) is 9.38. The number of sulfone groups is 1. The lowest BCUT2D eigenvalue weighted by atomic mass is 10.1. The second kappa shape index (κ2) is 6.21. The topological polar surface area (TPSA) is 101 Å². The predicted octanol–water partition coefficient (Wildman–Crippen LogP) is 0.385. The molecule has 2 N–H and O–H groups in total. The van der Waals surface area contributed by atoms with Crippen molar-refractivity contribution in [2.24, 2.45) is 5.92 Å². The Morgan fingerprint density at radius 1 is 1.05 bits per heavy atom. The number of aliphatic hydroxyl groups excluding tert-OH is 1. The molecule has 0 spiro atoms. The first kappa shape index (κ1) is 17.1. The molecule has 0 radical (unpaired) electrons. The summed E-state index contributed by atoms with van der Waals surface area (Å²) >= 11 is 0. The molecule has 0 aromatic heterocycles. The van der Waals surface area contributed by atoms with Gasteiger partial charge in [0.05, 0.1) is 16.4 Å². The summed E-state index contributed by atoms with van der Waals surface area (Å²) in [5, 5.41) is 9.15. The lowest BCUT2D eigenvalue weighted by molar-refractivity contribution is 0.227. The predicted molar refractivity (Wildman–Crippen MR) is 75.6 cm³/mol. The van der Waals surface area contributed by atoms with E-state index in [1.54, 1.807) is 13.8 Å². The quantitative estimate of drug-likeness (QED) is 0.789. The number of sulfonamides is 1. The molecule has 0 aliphatic rings. The highest BCUT2D eigenvalue weighted by molar-refractivity contribution is 7.90. The lowest BCUT2D eigenvalue weighted by Gasteiger charge is -2.19. The minimum atomic E-state index is -3.78. The summed E-state index contributed by atoms with van der Waals surface area (Å²) in [5.74, 6) is -0.0648. The molecule has 0 fully saturated rings. The van der Waals surface area contributed by atoms with E-state index < -0.39 is 25.9 Å². The Bertz CT molecular complexity index is 648. The Morgan fingerprint density at radius 3 is 1.85 bits per heavy atom. The van der Waals surface area contributed by atoms with Crippen LogP contribution >= 0.6 is 0 Å². The number of nitrogens with one attached hydrogen (secondary N) is 1. The average molecular weight is 321 g/mol. The highest BCUT2D eigenvalue weighted by Crippen LogP contribution is 2.15. The molecule has 1 atom stereocenters. The molecule has 0 bridgehead atoms. The molecule has 1 aromatic rings. The normalized spacial score (nSPS) is 14.4. The third-order valence-electron chi connectivity index (χ3n) is 2.87. The summed E-state index contributed by atoms with van der Waals surface area (Å²) in [6, 6.07) is 4.36. The SMILES string of the molecule is CC(C)C(CO)NS(=O)(=O)c1ccc(S(C)(=O)=O)cc1. The van der Waals surface area contributed by atoms with E-state index in [9.17, 15) is 16.8 Å². The van der Waals surface area contributed by atoms with Crippen LogP contribution in [-0.4, -0.2) is 40.8 Å². The molecule has 1 aromatic carbocycles. The molecule has 0 saturated carbocycles. The van der Waals surface area contributed by atoms with Gasteiger partial charge in [0.25, 0.3) is 0 Å². The highest BCUT2D eigenvalue weighted by Gasteiger charge is 2.22. The maximum Gasteiger partial charge on any atom is 0.240 e. The van der Waals surface area contributed by atoms with Gasteiger partial charge < -0.3 is 5.11 Å². The number of aliphatic hydroxyl groups is 1. The highest BCUT2D eigenvalue weighted by atomic mass is 32.2. The van der Waals surface area contributed by atoms with Crippen molar-refractivity contribution in [3.05, 3.63) is 24.3 Å². The fraction of sp³-hybridized carbons (Fsp3) is 0.500. The van der Waals surface area contributed by atoms with Crippen LogP contribution in [0.1, 0.15) is 13.8 Å². The standard InChI is InChI=1S/C12H19NO5S2/c1-9(2)12(8-14)13-20(17,18)11-6-4-10(5-7-11)19(3,15)16/h4-7,9,12-14H,8H2,1-3H3. The Morgan fingerprint density at radius 2 is 1.50 bits per heavy atom. The van der Waals surface area contributed by atoms with Crippen molar-refractivity contribution in [3.63, 3.8) is 0 Å². The van der Waals surface area contributed by atoms with Crippen molar-refractivity contribution >= 4 is 19.9 Å². The smallest absolute Gasteiger partial charge is 0.240 e. The Labute approximate surface area is 119 Å². The van der Waals surface area contributed by atoms with E-state index >= 15 is 0 Å². The number of hydrogen-bond acceptors (Lipinski definition) is 5. The van der Waals surface area contributed by atoms with Crippen molar-refractivity contribution in [1.29, 1.82) is 0 Å². The van der Waals surface area contributed by atoms with Crippen LogP contribution in [0.15, 0.2) is 34.1 Å². The molecular formula is C12H19NO5S2. The molecule has 1 rings (SSSR count). The van der Waals surface area contributed by atoms with Gasteiger partial charge in [-0.25, -0.2) is 21.6 Å². The van der Waals surface area contributed by atoms with Gasteiger partial charge in [-0.15, -0.1) is 0 Å². The minimum Gasteiger partial charge on any atom is -0.395 e. The average Bonchev–Trinajstić information content (AvgIpc) is 2.35.